The van der Waals surface area contributed by atoms with Crippen molar-refractivity contribution in [3.8, 4) is 0 Å². The Labute approximate surface area is 112 Å². The molecular weight excluding hydrogens is 376 g/mol. The maximum absolute atomic E-state index is 10.4. The van der Waals surface area contributed by atoms with E-state index in [1.807, 2.05) is 13.8 Å². The molecule has 0 aromatic heterocycles. The largest absolute Gasteiger partial charge is 2.00 e. The van der Waals surface area contributed by atoms with E-state index in [9.17, 15) is 4.79 Å². The monoisotopic (exact) mass is 394 g/mol. The molecule has 0 bridgehead atoms. The number of nitrogen functional groups attached to an aromatic ring is 1. The third-order valence-electron chi connectivity index (χ3n) is 1.19. The zero-order valence-corrected chi connectivity index (χ0v) is 12.5. The molecule has 0 aliphatic heterocycles. The number of carbonyl (C=O) groups excluding carboxylic acids is 1. The molecule has 0 unspecified atom stereocenters. The van der Waals surface area contributed by atoms with Crippen molar-refractivity contribution < 1.29 is 31.0 Å². The number of aliphatic hydroxyl groups is 1. The van der Waals surface area contributed by atoms with Crippen molar-refractivity contribution in [3.05, 3.63) is 38.3 Å². The first kappa shape index (κ1) is 20.4. The summed E-state index contributed by atoms with van der Waals surface area (Å²) in [5, 5.41) is 9.28. The molecule has 0 saturated heterocycles. The van der Waals surface area contributed by atoms with Gasteiger partial charge in [-0.3, -0.25) is 0 Å². The van der Waals surface area contributed by atoms with Crippen LogP contribution in [0.3, 0.4) is 0 Å². The third-order valence-corrected chi connectivity index (χ3v) is 1.19. The van der Waals surface area contributed by atoms with Crippen LogP contribution in [-0.4, -0.2) is 11.0 Å². The fraction of sp³-hybridized carbons (Fsp3) is 0.182. The average molecular weight is 394 g/mol. The molecule has 0 aliphatic carbocycles. The Morgan fingerprint density at radius 3 is 1.94 bits per heavy atom. The summed E-state index contributed by atoms with van der Waals surface area (Å²) in [6.07, 6.45) is 0. The number of benzene rings is 1. The molecule has 0 fully saturated rings. The minimum atomic E-state index is -0.324. The summed E-state index contributed by atoms with van der Waals surface area (Å²) < 4.78 is 0. The molecule has 90 valence electrons. The SMILES string of the molecule is CC.[CH2-]C(=O)Nc1ccc(N)cc1.[CH2-]O.[W+2]. The zero-order chi connectivity index (χ0) is 12.3. The minimum Gasteiger partial charge on any atom is -0.569 e. The number of nitrogens with one attached hydrogen (secondary N) is 1. The van der Waals surface area contributed by atoms with Crippen molar-refractivity contribution in [2.75, 3.05) is 11.1 Å². The molecule has 0 heterocycles. The van der Waals surface area contributed by atoms with Crippen molar-refractivity contribution in [2.24, 2.45) is 0 Å². The van der Waals surface area contributed by atoms with Gasteiger partial charge in [-0.1, -0.05) is 13.8 Å². The Morgan fingerprint density at radius 1 is 1.25 bits per heavy atom. The van der Waals surface area contributed by atoms with Crippen LogP contribution in [0.15, 0.2) is 24.3 Å². The molecule has 1 rings (SSSR count). The first-order valence-electron chi connectivity index (χ1n) is 4.48. The summed E-state index contributed by atoms with van der Waals surface area (Å²) in [6, 6.07) is 6.87. The number of hydrogen-bond acceptors (Lipinski definition) is 3. The molecule has 1 aromatic rings. The van der Waals surface area contributed by atoms with Crippen LogP contribution in [0.4, 0.5) is 11.4 Å². The van der Waals surface area contributed by atoms with E-state index in [4.69, 9.17) is 10.8 Å². The van der Waals surface area contributed by atoms with Gasteiger partial charge >= 0.3 is 21.1 Å². The Bertz CT molecular complexity index is 263. The first-order chi connectivity index (χ1) is 7.18. The van der Waals surface area contributed by atoms with Crippen LogP contribution in [0, 0.1) is 14.0 Å². The van der Waals surface area contributed by atoms with E-state index in [0.717, 1.165) is 0 Å². The zero-order valence-electron chi connectivity index (χ0n) is 9.56. The predicted molar refractivity (Wildman–Crippen MR) is 63.5 cm³/mol. The van der Waals surface area contributed by atoms with Crippen LogP contribution in [-0.2, 0) is 25.9 Å². The van der Waals surface area contributed by atoms with Gasteiger partial charge in [-0.25, -0.2) is 7.11 Å². The van der Waals surface area contributed by atoms with Gasteiger partial charge in [0.15, 0.2) is 0 Å². The van der Waals surface area contributed by atoms with E-state index >= 15 is 0 Å². The summed E-state index contributed by atoms with van der Waals surface area (Å²) in [6.45, 7) is 7.17. The fourth-order valence-corrected chi connectivity index (χ4v) is 0.727. The molecular formula is C11H18N2O2W. The molecule has 5 heteroatoms. The second-order valence-electron chi connectivity index (χ2n) is 2.17. The minimum absolute atomic E-state index is 0. The average Bonchev–Trinajstić information content (AvgIpc) is 2.27. The van der Waals surface area contributed by atoms with Crippen LogP contribution >= 0.6 is 0 Å². The molecule has 0 aliphatic rings. The van der Waals surface area contributed by atoms with Gasteiger partial charge in [-0.15, -0.1) is 0 Å². The Kier molecular flexibility index (Phi) is 17.9. The Morgan fingerprint density at radius 2 is 1.62 bits per heavy atom. The second kappa shape index (κ2) is 14.0. The number of hydrogen-bond donors (Lipinski definition) is 3. The molecule has 16 heavy (non-hydrogen) atoms. The summed E-state index contributed by atoms with van der Waals surface area (Å²) >= 11 is 0. The third kappa shape index (κ3) is 11.1. The van der Waals surface area contributed by atoms with Gasteiger partial charge in [0.2, 0.25) is 0 Å². The van der Waals surface area contributed by atoms with Crippen LogP contribution < -0.4 is 11.1 Å². The van der Waals surface area contributed by atoms with Gasteiger partial charge in [-0.2, -0.15) is 0 Å². The summed E-state index contributed by atoms with van der Waals surface area (Å²) in [5.41, 5.74) is 6.81. The standard InChI is InChI=1S/C8H9N2O.C2H6.CH3O.W/c1-6(11)10-8-4-2-7(9)3-5-8;2*1-2;/h2-5H,1,9H2,(H,10,11);1-2H3;2H,1H2;/q-1;;-1;+2. The number of anilines is 2. The first-order valence-corrected chi connectivity index (χ1v) is 4.48. The molecule has 4 nitrogen and oxygen atoms in total. The van der Waals surface area contributed by atoms with Crippen molar-refractivity contribution in [1.29, 1.82) is 0 Å². The predicted octanol–water partition coefficient (Wildman–Crippen LogP) is 2.22. The van der Waals surface area contributed by atoms with Crippen molar-refractivity contribution >= 4 is 17.3 Å². The smallest absolute Gasteiger partial charge is 0.569 e. The number of aliphatic hydroxyl groups excluding tert-OH is 1. The Hall–Kier alpha value is -0.992. The maximum atomic E-state index is 10.4. The Balaban J connectivity index is -0.000000305. The van der Waals surface area contributed by atoms with Crippen LogP contribution in [0.25, 0.3) is 0 Å². The van der Waals surface area contributed by atoms with Crippen molar-refractivity contribution in [3.63, 3.8) is 0 Å². The van der Waals surface area contributed by atoms with E-state index in [1.165, 1.54) is 0 Å². The van der Waals surface area contributed by atoms with E-state index in [1.54, 1.807) is 24.3 Å². The maximum Gasteiger partial charge on any atom is 2.00 e. The van der Waals surface area contributed by atoms with Gasteiger partial charge in [0, 0.05) is 11.4 Å². The molecule has 1 aromatic carbocycles. The molecule has 0 atom stereocenters. The summed E-state index contributed by atoms with van der Waals surface area (Å²) in [4.78, 5) is 10.4. The summed E-state index contributed by atoms with van der Waals surface area (Å²) in [7, 11) is 2.25. The van der Waals surface area contributed by atoms with Crippen LogP contribution in [0.1, 0.15) is 13.8 Å². The van der Waals surface area contributed by atoms with Gasteiger partial charge in [0.25, 0.3) is 0 Å². The normalized spacial score (nSPS) is 7.00. The van der Waals surface area contributed by atoms with Gasteiger partial charge in [0.05, 0.1) is 5.91 Å². The molecule has 4 N–H and O–H groups in total. The van der Waals surface area contributed by atoms with E-state index < -0.39 is 0 Å². The number of rotatable bonds is 1. The van der Waals surface area contributed by atoms with E-state index in [0.29, 0.717) is 11.4 Å². The van der Waals surface area contributed by atoms with Gasteiger partial charge < -0.3 is 27.9 Å². The van der Waals surface area contributed by atoms with Crippen molar-refractivity contribution in [1.82, 2.24) is 0 Å². The topological polar surface area (TPSA) is 75.4 Å². The molecule has 1 amide bonds. The molecule has 0 radical (unpaired) electrons. The molecule has 0 spiro atoms. The van der Waals surface area contributed by atoms with Crippen LogP contribution in [0.5, 0.6) is 0 Å². The molecule has 0 saturated carbocycles. The summed E-state index contributed by atoms with van der Waals surface area (Å²) in [5.74, 6) is -0.324. The second-order valence-corrected chi connectivity index (χ2v) is 2.17. The number of amides is 1. The number of nitrogens with two attached hydrogens (primary N) is 1. The van der Waals surface area contributed by atoms with Crippen LogP contribution in [0.2, 0.25) is 0 Å². The quantitative estimate of drug-likeness (QED) is 0.505. The van der Waals surface area contributed by atoms with Gasteiger partial charge in [0.1, 0.15) is 0 Å². The van der Waals surface area contributed by atoms with E-state index in [2.05, 4.69) is 19.4 Å². The van der Waals surface area contributed by atoms with Crippen molar-refractivity contribution in [2.45, 2.75) is 13.8 Å². The van der Waals surface area contributed by atoms with E-state index in [-0.39, 0.29) is 27.0 Å². The van der Waals surface area contributed by atoms with Gasteiger partial charge in [-0.05, 0) is 24.3 Å². The number of carbonyl (C=O) groups is 1. The fourth-order valence-electron chi connectivity index (χ4n) is 0.727.